The third-order valence-electron chi connectivity index (χ3n) is 2.53. The summed E-state index contributed by atoms with van der Waals surface area (Å²) >= 11 is 3.26. The van der Waals surface area contributed by atoms with Gasteiger partial charge in [-0.05, 0) is 35.8 Å². The number of hydrogen-bond donors (Lipinski definition) is 2. The lowest BCUT2D eigenvalue weighted by Crippen LogP contribution is -2.18. The highest BCUT2D eigenvalue weighted by Crippen LogP contribution is 2.18. The Bertz CT molecular complexity index is 608. The van der Waals surface area contributed by atoms with Gasteiger partial charge in [0.05, 0.1) is 11.8 Å². The van der Waals surface area contributed by atoms with Crippen molar-refractivity contribution in [1.82, 2.24) is 14.8 Å². The number of amides is 1. The molecule has 0 unspecified atom stereocenters. The molecule has 19 heavy (non-hydrogen) atoms. The van der Waals surface area contributed by atoms with Crippen LogP contribution in [0.25, 0.3) is 0 Å². The number of nitrogen functional groups attached to an aromatic ring is 1. The quantitative estimate of drug-likeness (QED) is 0.908. The summed E-state index contributed by atoms with van der Waals surface area (Å²) in [5.41, 5.74) is 6.03. The van der Waals surface area contributed by atoms with Crippen LogP contribution in [-0.2, 0) is 0 Å². The minimum absolute atomic E-state index is 0.156. The topological polar surface area (TPSA) is 85.8 Å². The summed E-state index contributed by atoms with van der Waals surface area (Å²) < 4.78 is 2.42. The Kier molecular flexibility index (Phi) is 3.84. The lowest BCUT2D eigenvalue weighted by molar-refractivity contribution is 0.102. The van der Waals surface area contributed by atoms with Crippen molar-refractivity contribution in [2.24, 2.45) is 0 Å². The van der Waals surface area contributed by atoms with Gasteiger partial charge in [-0.25, -0.2) is 9.67 Å². The fourth-order valence-corrected chi connectivity index (χ4v) is 1.97. The van der Waals surface area contributed by atoms with Crippen LogP contribution in [0.2, 0.25) is 0 Å². The number of nitrogens with one attached hydrogen (secondary N) is 1. The van der Waals surface area contributed by atoms with Crippen LogP contribution in [0.5, 0.6) is 0 Å². The number of nitrogens with two attached hydrogens (primary N) is 1. The van der Waals surface area contributed by atoms with E-state index in [1.54, 1.807) is 29.2 Å². The van der Waals surface area contributed by atoms with Crippen molar-refractivity contribution in [3.63, 3.8) is 0 Å². The minimum atomic E-state index is -0.311. The van der Waals surface area contributed by atoms with E-state index in [4.69, 9.17) is 5.73 Å². The summed E-state index contributed by atoms with van der Waals surface area (Å²) in [6, 6.07) is 3.52. The number of carbonyl (C=O) groups excluding carboxylic acids is 1. The van der Waals surface area contributed by atoms with Gasteiger partial charge in [0.1, 0.15) is 11.6 Å². The summed E-state index contributed by atoms with van der Waals surface area (Å²) in [5, 5.41) is 6.93. The zero-order valence-corrected chi connectivity index (χ0v) is 12.2. The molecule has 6 nitrogen and oxygen atoms in total. The first-order valence-corrected chi connectivity index (χ1v) is 6.54. The van der Waals surface area contributed by atoms with Crippen LogP contribution in [0.3, 0.4) is 0 Å². The van der Waals surface area contributed by atoms with E-state index in [0.717, 1.165) is 0 Å². The zero-order chi connectivity index (χ0) is 14.0. The molecule has 0 aliphatic rings. The average molecular weight is 324 g/mol. The van der Waals surface area contributed by atoms with Crippen LogP contribution >= 0.6 is 15.9 Å². The monoisotopic (exact) mass is 323 g/mol. The highest BCUT2D eigenvalue weighted by Gasteiger charge is 2.14. The second-order valence-electron chi connectivity index (χ2n) is 4.30. The number of halogens is 1. The molecule has 100 valence electrons. The normalized spacial score (nSPS) is 10.7. The van der Waals surface area contributed by atoms with Gasteiger partial charge in [0.25, 0.3) is 5.91 Å². The van der Waals surface area contributed by atoms with Gasteiger partial charge in [0.15, 0.2) is 0 Å². The lowest BCUT2D eigenvalue weighted by atomic mass is 10.2. The predicted molar refractivity (Wildman–Crippen MR) is 76.9 cm³/mol. The third-order valence-corrected chi connectivity index (χ3v) is 2.96. The Morgan fingerprint density at radius 1 is 1.53 bits per heavy atom. The van der Waals surface area contributed by atoms with Gasteiger partial charge in [0.2, 0.25) is 0 Å². The summed E-state index contributed by atoms with van der Waals surface area (Å²) in [5.74, 6) is 0.504. The number of nitrogens with zero attached hydrogens (tertiary/aromatic N) is 3. The highest BCUT2D eigenvalue weighted by atomic mass is 79.9. The molecule has 2 aromatic rings. The van der Waals surface area contributed by atoms with E-state index in [9.17, 15) is 4.79 Å². The first-order valence-electron chi connectivity index (χ1n) is 5.75. The Balaban J connectivity index is 2.26. The second kappa shape index (κ2) is 5.40. The molecule has 0 bridgehead atoms. The molecule has 0 saturated carbocycles. The fraction of sp³-hybridized carbons (Fsp3) is 0.250. The first kappa shape index (κ1) is 13.5. The summed E-state index contributed by atoms with van der Waals surface area (Å²) in [6.45, 7) is 3.97. The van der Waals surface area contributed by atoms with E-state index in [0.29, 0.717) is 15.9 Å². The van der Waals surface area contributed by atoms with Crippen molar-refractivity contribution < 1.29 is 4.79 Å². The highest BCUT2D eigenvalue weighted by molar-refractivity contribution is 9.10. The van der Waals surface area contributed by atoms with Crippen molar-refractivity contribution in [1.29, 1.82) is 0 Å². The molecule has 3 N–H and O–H groups in total. The molecule has 2 aromatic heterocycles. The second-order valence-corrected chi connectivity index (χ2v) is 5.21. The molecule has 0 spiro atoms. The van der Waals surface area contributed by atoms with E-state index < -0.39 is 0 Å². The molecular weight excluding hydrogens is 310 g/mol. The average Bonchev–Trinajstić information content (AvgIpc) is 2.80. The van der Waals surface area contributed by atoms with E-state index in [2.05, 4.69) is 31.3 Å². The van der Waals surface area contributed by atoms with E-state index in [1.807, 2.05) is 13.8 Å². The van der Waals surface area contributed by atoms with Crippen LogP contribution in [0.4, 0.5) is 11.6 Å². The molecule has 0 radical (unpaired) electrons. The number of anilines is 2. The largest absolute Gasteiger partial charge is 0.383 e. The molecule has 0 saturated heterocycles. The van der Waals surface area contributed by atoms with E-state index >= 15 is 0 Å². The maximum Gasteiger partial charge on any atom is 0.260 e. The van der Waals surface area contributed by atoms with Crippen molar-refractivity contribution in [3.8, 4) is 0 Å². The smallest absolute Gasteiger partial charge is 0.260 e. The fourth-order valence-electron chi connectivity index (χ4n) is 1.64. The van der Waals surface area contributed by atoms with E-state index in [-0.39, 0.29) is 17.8 Å². The van der Waals surface area contributed by atoms with Gasteiger partial charge in [-0.2, -0.15) is 5.10 Å². The van der Waals surface area contributed by atoms with Crippen molar-refractivity contribution in [2.75, 3.05) is 11.1 Å². The number of carbonyl (C=O) groups is 1. The van der Waals surface area contributed by atoms with Crippen LogP contribution in [0.1, 0.15) is 30.2 Å². The molecule has 0 aliphatic carbocycles. The lowest BCUT2D eigenvalue weighted by Gasteiger charge is -2.12. The molecule has 2 rings (SSSR count). The van der Waals surface area contributed by atoms with Gasteiger partial charge in [-0.1, -0.05) is 0 Å². The predicted octanol–water partition coefficient (Wildman–Crippen LogP) is 2.46. The number of rotatable bonds is 3. The number of hydrogen-bond acceptors (Lipinski definition) is 4. The van der Waals surface area contributed by atoms with Crippen molar-refractivity contribution in [2.45, 2.75) is 19.9 Å². The van der Waals surface area contributed by atoms with Gasteiger partial charge in [0, 0.05) is 22.8 Å². The van der Waals surface area contributed by atoms with Crippen LogP contribution in [-0.4, -0.2) is 20.7 Å². The van der Waals surface area contributed by atoms with Crippen LogP contribution in [0, 0.1) is 0 Å². The minimum Gasteiger partial charge on any atom is -0.383 e. The molecule has 0 aromatic carbocycles. The molecule has 1 amide bonds. The number of pyridine rings is 1. The molecule has 0 aliphatic heterocycles. The summed E-state index contributed by atoms with van der Waals surface area (Å²) in [7, 11) is 0. The molecule has 2 heterocycles. The Hall–Kier alpha value is -1.89. The van der Waals surface area contributed by atoms with E-state index in [1.165, 1.54) is 0 Å². The van der Waals surface area contributed by atoms with Gasteiger partial charge < -0.3 is 11.1 Å². The summed E-state index contributed by atoms with van der Waals surface area (Å²) in [6.07, 6.45) is 3.18. The number of aromatic nitrogens is 3. The van der Waals surface area contributed by atoms with Gasteiger partial charge >= 0.3 is 0 Å². The Labute approximate surface area is 119 Å². The third kappa shape index (κ3) is 2.93. The Morgan fingerprint density at radius 3 is 2.95 bits per heavy atom. The van der Waals surface area contributed by atoms with Crippen molar-refractivity contribution >= 4 is 33.5 Å². The standard InChI is InChI=1S/C12H14BrN5O/c1-7(2)18-10(3-4-16-18)17-12(19)9-5-8(13)6-15-11(9)14/h3-7H,1-2H3,(H2,14,15)(H,17,19). The molecule has 0 atom stereocenters. The molecule has 7 heteroatoms. The SMILES string of the molecule is CC(C)n1nccc1NC(=O)c1cc(Br)cnc1N. The molecular formula is C12H14BrN5O. The first-order chi connectivity index (χ1) is 8.99. The Morgan fingerprint density at radius 2 is 2.26 bits per heavy atom. The van der Waals surface area contributed by atoms with Crippen molar-refractivity contribution in [3.05, 3.63) is 34.6 Å². The van der Waals surface area contributed by atoms with Crippen LogP contribution < -0.4 is 11.1 Å². The summed E-state index contributed by atoms with van der Waals surface area (Å²) in [4.78, 5) is 16.1. The van der Waals surface area contributed by atoms with Crippen LogP contribution in [0.15, 0.2) is 29.0 Å². The molecule has 0 fully saturated rings. The maximum atomic E-state index is 12.2. The van der Waals surface area contributed by atoms with Gasteiger partial charge in [-0.15, -0.1) is 0 Å². The van der Waals surface area contributed by atoms with Gasteiger partial charge in [-0.3, -0.25) is 4.79 Å². The maximum absolute atomic E-state index is 12.2. The zero-order valence-electron chi connectivity index (χ0n) is 10.6.